The number of aliphatic hydroxyl groups excluding tert-OH is 2. The summed E-state index contributed by atoms with van der Waals surface area (Å²) in [4.78, 5) is 2.39. The lowest BCUT2D eigenvalue weighted by Crippen LogP contribution is -2.53. The summed E-state index contributed by atoms with van der Waals surface area (Å²) in [5.74, 6) is 0. The number of nitrogens with zero attached hydrogens (tertiary/aromatic N) is 2. The predicted molar refractivity (Wildman–Crippen MR) is 86.3 cm³/mol. The molecule has 21 heavy (non-hydrogen) atoms. The third kappa shape index (κ3) is 3.87. The molecule has 5 heteroatoms. The van der Waals surface area contributed by atoms with Gasteiger partial charge < -0.3 is 25.3 Å². The predicted octanol–water partition coefficient (Wildman–Crippen LogP) is 0.589. The number of anilines is 2. The summed E-state index contributed by atoms with van der Waals surface area (Å²) in [5.41, 5.74) is 9.06. The van der Waals surface area contributed by atoms with Gasteiger partial charge in [0.05, 0.1) is 32.8 Å². The Kier molecular flexibility index (Phi) is 5.45. The lowest BCUT2D eigenvalue weighted by molar-refractivity contribution is -0.926. The van der Waals surface area contributed by atoms with Gasteiger partial charge in [-0.2, -0.15) is 0 Å². The molecule has 0 aromatic heterocycles. The Labute approximate surface area is 127 Å². The van der Waals surface area contributed by atoms with Gasteiger partial charge in [-0.3, -0.25) is 0 Å². The Morgan fingerprint density at radius 2 is 1.86 bits per heavy atom. The fraction of sp³-hybridized carbons (Fsp3) is 0.625. The van der Waals surface area contributed by atoms with Gasteiger partial charge in [-0.15, -0.1) is 0 Å². The first-order valence-corrected chi connectivity index (χ1v) is 7.78. The van der Waals surface area contributed by atoms with Crippen molar-refractivity contribution in [1.82, 2.24) is 0 Å². The lowest BCUT2D eigenvalue weighted by atomic mass is 10.1. The molecule has 1 aromatic carbocycles. The summed E-state index contributed by atoms with van der Waals surface area (Å²) in [6.45, 7) is 7.81. The van der Waals surface area contributed by atoms with Gasteiger partial charge in [0.15, 0.2) is 0 Å². The van der Waals surface area contributed by atoms with Gasteiger partial charge in [-0.05, 0) is 30.7 Å². The van der Waals surface area contributed by atoms with Crippen LogP contribution < -0.4 is 10.6 Å². The van der Waals surface area contributed by atoms with Gasteiger partial charge in [0.25, 0.3) is 0 Å². The van der Waals surface area contributed by atoms with Gasteiger partial charge in [-0.1, -0.05) is 0 Å². The van der Waals surface area contributed by atoms with Crippen LogP contribution in [0.4, 0.5) is 11.4 Å². The van der Waals surface area contributed by atoms with Gasteiger partial charge in [0.2, 0.25) is 0 Å². The fourth-order valence-electron chi connectivity index (χ4n) is 3.25. The van der Waals surface area contributed by atoms with Crippen molar-refractivity contribution in [2.24, 2.45) is 0 Å². The van der Waals surface area contributed by atoms with Gasteiger partial charge in [0, 0.05) is 24.3 Å². The van der Waals surface area contributed by atoms with Crippen molar-refractivity contribution in [2.75, 3.05) is 63.1 Å². The molecule has 0 aliphatic carbocycles. The zero-order valence-electron chi connectivity index (χ0n) is 13.0. The molecule has 0 saturated carbocycles. The molecule has 5 nitrogen and oxygen atoms in total. The van der Waals surface area contributed by atoms with E-state index in [0.717, 1.165) is 61.4 Å². The molecule has 0 atom stereocenters. The number of aryl methyl sites for hydroxylation is 1. The minimum Gasteiger partial charge on any atom is -0.399 e. The molecule has 0 radical (unpaired) electrons. The quantitative estimate of drug-likeness (QED) is 0.549. The standard InChI is InChI=1S/C16H28N3O2/c1-14-13-15(3-4-16(14)17)18-5-2-7-19(8-6-18,9-11-20)10-12-21/h3-4,13,20-21H,2,5-12,17H2,1H3/q+1. The summed E-state index contributed by atoms with van der Waals surface area (Å²) in [7, 11) is 0. The van der Waals surface area contributed by atoms with Crippen molar-refractivity contribution >= 4 is 11.4 Å². The lowest BCUT2D eigenvalue weighted by Gasteiger charge is -2.36. The van der Waals surface area contributed by atoms with E-state index in [4.69, 9.17) is 5.73 Å². The molecular weight excluding hydrogens is 266 g/mol. The minimum atomic E-state index is 0.182. The molecule has 2 rings (SSSR count). The van der Waals surface area contributed by atoms with Crippen LogP contribution in [0.1, 0.15) is 12.0 Å². The first-order valence-electron chi connectivity index (χ1n) is 7.78. The number of nitrogen functional groups attached to an aromatic ring is 1. The van der Waals surface area contributed by atoms with E-state index in [9.17, 15) is 10.2 Å². The van der Waals surface area contributed by atoms with E-state index in [1.807, 2.05) is 13.0 Å². The smallest absolute Gasteiger partial charge is 0.102 e. The highest BCUT2D eigenvalue weighted by Crippen LogP contribution is 2.23. The van der Waals surface area contributed by atoms with Gasteiger partial charge in [-0.25, -0.2) is 0 Å². The molecule has 0 bridgehead atoms. The molecule has 0 unspecified atom stereocenters. The zero-order chi connectivity index (χ0) is 15.3. The number of hydrogen-bond acceptors (Lipinski definition) is 4. The van der Waals surface area contributed by atoms with E-state index in [1.54, 1.807) is 0 Å². The third-order valence-electron chi connectivity index (χ3n) is 4.67. The van der Waals surface area contributed by atoms with Crippen LogP contribution in [0.25, 0.3) is 0 Å². The molecule has 0 spiro atoms. The average molecular weight is 294 g/mol. The highest BCUT2D eigenvalue weighted by Gasteiger charge is 2.29. The van der Waals surface area contributed by atoms with Crippen molar-refractivity contribution in [3.8, 4) is 0 Å². The normalized spacial score (nSPS) is 18.5. The molecule has 1 heterocycles. The van der Waals surface area contributed by atoms with Crippen molar-refractivity contribution in [3.63, 3.8) is 0 Å². The zero-order valence-corrected chi connectivity index (χ0v) is 13.0. The minimum absolute atomic E-state index is 0.182. The fourth-order valence-corrected chi connectivity index (χ4v) is 3.25. The van der Waals surface area contributed by atoms with Crippen LogP contribution >= 0.6 is 0 Å². The maximum atomic E-state index is 9.33. The van der Waals surface area contributed by atoms with E-state index >= 15 is 0 Å². The molecule has 4 N–H and O–H groups in total. The largest absolute Gasteiger partial charge is 0.399 e. The number of aliphatic hydroxyl groups is 2. The molecule has 118 valence electrons. The van der Waals surface area contributed by atoms with Crippen molar-refractivity contribution < 1.29 is 14.7 Å². The number of nitrogens with two attached hydrogens (primary N) is 1. The van der Waals surface area contributed by atoms with E-state index < -0.39 is 0 Å². The second-order valence-corrected chi connectivity index (χ2v) is 6.06. The molecule has 1 aliphatic heterocycles. The van der Waals surface area contributed by atoms with Crippen LogP contribution in [0.15, 0.2) is 18.2 Å². The van der Waals surface area contributed by atoms with Crippen molar-refractivity contribution in [2.45, 2.75) is 13.3 Å². The second kappa shape index (κ2) is 7.11. The summed E-state index contributed by atoms with van der Waals surface area (Å²) >= 11 is 0. The first kappa shape index (κ1) is 16.1. The average Bonchev–Trinajstić information content (AvgIpc) is 2.66. The van der Waals surface area contributed by atoms with Gasteiger partial charge in [0.1, 0.15) is 13.1 Å². The maximum absolute atomic E-state index is 9.33. The molecule has 1 aliphatic rings. The summed E-state index contributed by atoms with van der Waals surface area (Å²) in [5, 5.41) is 18.7. The Hall–Kier alpha value is -1.30. The van der Waals surface area contributed by atoms with Crippen molar-refractivity contribution in [3.05, 3.63) is 23.8 Å². The Balaban J connectivity index is 2.10. The van der Waals surface area contributed by atoms with E-state index in [-0.39, 0.29) is 13.2 Å². The van der Waals surface area contributed by atoms with Crippen LogP contribution in [0.2, 0.25) is 0 Å². The number of benzene rings is 1. The van der Waals surface area contributed by atoms with Crippen LogP contribution in [0.5, 0.6) is 0 Å². The highest BCUT2D eigenvalue weighted by atomic mass is 16.3. The molecule has 0 amide bonds. The highest BCUT2D eigenvalue weighted by molar-refractivity contribution is 5.58. The Bertz CT molecular complexity index is 459. The Morgan fingerprint density at radius 1 is 1.14 bits per heavy atom. The summed E-state index contributed by atoms with van der Waals surface area (Å²) < 4.78 is 0.817. The van der Waals surface area contributed by atoms with Crippen LogP contribution in [0.3, 0.4) is 0 Å². The monoisotopic (exact) mass is 294 g/mol. The summed E-state index contributed by atoms with van der Waals surface area (Å²) in [6.07, 6.45) is 1.07. The second-order valence-electron chi connectivity index (χ2n) is 6.06. The SMILES string of the molecule is Cc1cc(N2CCC[N+](CCO)(CCO)CC2)ccc1N. The van der Waals surface area contributed by atoms with E-state index in [0.29, 0.717) is 0 Å². The molecule has 1 fully saturated rings. The van der Waals surface area contributed by atoms with Crippen molar-refractivity contribution in [1.29, 1.82) is 0 Å². The summed E-state index contributed by atoms with van der Waals surface area (Å²) in [6, 6.07) is 6.20. The maximum Gasteiger partial charge on any atom is 0.102 e. The van der Waals surface area contributed by atoms with Crippen LogP contribution in [0, 0.1) is 6.92 Å². The van der Waals surface area contributed by atoms with E-state index in [2.05, 4.69) is 17.0 Å². The number of quaternary nitrogens is 1. The molecule has 1 saturated heterocycles. The van der Waals surface area contributed by atoms with Gasteiger partial charge >= 0.3 is 0 Å². The van der Waals surface area contributed by atoms with Crippen LogP contribution in [-0.4, -0.2) is 67.2 Å². The topological polar surface area (TPSA) is 69.7 Å². The van der Waals surface area contributed by atoms with Crippen LogP contribution in [-0.2, 0) is 0 Å². The number of hydrogen-bond donors (Lipinski definition) is 3. The first-order chi connectivity index (χ1) is 10.1. The Morgan fingerprint density at radius 3 is 2.48 bits per heavy atom. The van der Waals surface area contributed by atoms with E-state index in [1.165, 1.54) is 5.69 Å². The molecule has 1 aromatic rings. The molecular formula is C16H28N3O2+. The third-order valence-corrected chi connectivity index (χ3v) is 4.67. The number of rotatable bonds is 5.